The summed E-state index contributed by atoms with van der Waals surface area (Å²) in [6, 6.07) is 13.3. The van der Waals surface area contributed by atoms with Gasteiger partial charge in [0.15, 0.2) is 0 Å². The van der Waals surface area contributed by atoms with E-state index in [1.807, 2.05) is 55.5 Å². The minimum absolute atomic E-state index is 0.146. The van der Waals surface area contributed by atoms with E-state index in [1.165, 1.54) is 0 Å². The van der Waals surface area contributed by atoms with Crippen LogP contribution in [0.4, 0.5) is 5.69 Å². The maximum atomic E-state index is 12.3. The number of fused-ring (bicyclic) bond motifs is 1. The molecule has 0 radical (unpaired) electrons. The molecule has 4 nitrogen and oxygen atoms in total. The van der Waals surface area contributed by atoms with Gasteiger partial charge in [0.25, 0.3) is 5.91 Å². The van der Waals surface area contributed by atoms with Crippen molar-refractivity contribution in [1.29, 1.82) is 0 Å². The second-order valence-electron chi connectivity index (χ2n) is 5.19. The van der Waals surface area contributed by atoms with Crippen molar-refractivity contribution in [3.05, 3.63) is 59.2 Å². The van der Waals surface area contributed by atoms with Gasteiger partial charge in [0.05, 0.1) is 12.7 Å². The van der Waals surface area contributed by atoms with Crippen molar-refractivity contribution in [1.82, 2.24) is 0 Å². The van der Waals surface area contributed by atoms with Gasteiger partial charge >= 0.3 is 0 Å². The van der Waals surface area contributed by atoms with Crippen molar-refractivity contribution >= 4 is 17.7 Å². The Hall–Kier alpha value is -2.75. The molecule has 0 saturated heterocycles. The number of anilines is 1. The Morgan fingerprint density at radius 1 is 1.23 bits per heavy atom. The second-order valence-corrected chi connectivity index (χ2v) is 5.19. The Labute approximate surface area is 129 Å². The third-order valence-electron chi connectivity index (χ3n) is 3.50. The maximum Gasteiger partial charge on any atom is 0.255 e. The summed E-state index contributed by atoms with van der Waals surface area (Å²) in [5.74, 6) is 1.32. The predicted molar refractivity (Wildman–Crippen MR) is 86.3 cm³/mol. The number of carbonyl (C=O) groups is 1. The van der Waals surface area contributed by atoms with Crippen LogP contribution in [0.15, 0.2) is 48.0 Å². The molecule has 2 aromatic rings. The van der Waals surface area contributed by atoms with Gasteiger partial charge in [-0.15, -0.1) is 0 Å². The lowest BCUT2D eigenvalue weighted by molar-refractivity contribution is -0.113. The van der Waals surface area contributed by atoms with Crippen LogP contribution in [0.1, 0.15) is 11.1 Å². The lowest BCUT2D eigenvalue weighted by Gasteiger charge is -2.18. The summed E-state index contributed by atoms with van der Waals surface area (Å²) in [5.41, 5.74) is 3.36. The minimum atomic E-state index is -0.146. The number of carbonyl (C=O) groups excluding carboxylic acids is 1. The molecule has 1 N–H and O–H groups in total. The van der Waals surface area contributed by atoms with E-state index in [4.69, 9.17) is 9.47 Å². The number of ether oxygens (including phenoxy) is 2. The summed E-state index contributed by atoms with van der Waals surface area (Å²) in [6.45, 7) is 2.24. The van der Waals surface area contributed by atoms with Crippen LogP contribution >= 0.6 is 0 Å². The molecule has 0 bridgehead atoms. The largest absolute Gasteiger partial charge is 0.497 e. The van der Waals surface area contributed by atoms with E-state index in [-0.39, 0.29) is 12.5 Å². The topological polar surface area (TPSA) is 47.6 Å². The number of benzene rings is 2. The molecule has 1 heterocycles. The number of aryl methyl sites for hydroxylation is 1. The van der Waals surface area contributed by atoms with E-state index in [0.29, 0.717) is 5.57 Å². The molecule has 0 aliphatic carbocycles. The lowest BCUT2D eigenvalue weighted by Crippen LogP contribution is -2.21. The van der Waals surface area contributed by atoms with Crippen LogP contribution in [0.25, 0.3) is 6.08 Å². The van der Waals surface area contributed by atoms with E-state index in [2.05, 4.69) is 5.32 Å². The third kappa shape index (κ3) is 2.96. The van der Waals surface area contributed by atoms with E-state index in [0.717, 1.165) is 28.3 Å². The van der Waals surface area contributed by atoms with E-state index >= 15 is 0 Å². The van der Waals surface area contributed by atoms with Crippen LogP contribution in [0.2, 0.25) is 0 Å². The van der Waals surface area contributed by atoms with Gasteiger partial charge in [-0.25, -0.2) is 0 Å². The van der Waals surface area contributed by atoms with Crippen LogP contribution in [-0.2, 0) is 4.79 Å². The van der Waals surface area contributed by atoms with Crippen LogP contribution < -0.4 is 14.8 Å². The molecule has 2 aromatic carbocycles. The highest BCUT2D eigenvalue weighted by atomic mass is 16.5. The van der Waals surface area contributed by atoms with Gasteiger partial charge in [-0.05, 0) is 42.8 Å². The summed E-state index contributed by atoms with van der Waals surface area (Å²) in [6.07, 6.45) is 1.85. The first-order chi connectivity index (χ1) is 10.7. The Bertz CT molecular complexity index is 750. The summed E-state index contributed by atoms with van der Waals surface area (Å²) in [5, 5.41) is 2.89. The zero-order valence-corrected chi connectivity index (χ0v) is 12.6. The number of methoxy groups -OCH3 is 1. The van der Waals surface area contributed by atoms with Crippen LogP contribution in [0.3, 0.4) is 0 Å². The fourth-order valence-electron chi connectivity index (χ4n) is 2.34. The Morgan fingerprint density at radius 3 is 2.86 bits per heavy atom. The number of amides is 1. The van der Waals surface area contributed by atoms with Gasteiger partial charge in [-0.2, -0.15) is 0 Å². The third-order valence-corrected chi connectivity index (χ3v) is 3.50. The lowest BCUT2D eigenvalue weighted by atomic mass is 10.1. The molecule has 3 rings (SSSR count). The van der Waals surface area contributed by atoms with Crippen molar-refractivity contribution in [2.24, 2.45) is 0 Å². The first-order valence-corrected chi connectivity index (χ1v) is 7.05. The molecule has 0 aromatic heterocycles. The van der Waals surface area contributed by atoms with E-state index < -0.39 is 0 Å². The SMILES string of the molecule is COc1ccc2c(c1)OCC(C(=O)Nc1cccc(C)c1)=C2. The molecule has 0 atom stereocenters. The molecule has 0 saturated carbocycles. The Kier molecular flexibility index (Phi) is 3.83. The molecule has 112 valence electrons. The predicted octanol–water partition coefficient (Wildman–Crippen LogP) is 3.42. The van der Waals surface area contributed by atoms with E-state index in [1.54, 1.807) is 7.11 Å². The number of hydrogen-bond donors (Lipinski definition) is 1. The van der Waals surface area contributed by atoms with Gasteiger partial charge in [0.2, 0.25) is 0 Å². The average Bonchev–Trinajstić information content (AvgIpc) is 2.53. The molecule has 0 unspecified atom stereocenters. The average molecular weight is 295 g/mol. The van der Waals surface area contributed by atoms with Crippen molar-refractivity contribution in [3.63, 3.8) is 0 Å². The molecule has 22 heavy (non-hydrogen) atoms. The Morgan fingerprint density at radius 2 is 2.09 bits per heavy atom. The molecular formula is C18H17NO3. The maximum absolute atomic E-state index is 12.3. The smallest absolute Gasteiger partial charge is 0.255 e. The number of hydrogen-bond acceptors (Lipinski definition) is 3. The molecule has 0 spiro atoms. The zero-order chi connectivity index (χ0) is 15.5. The highest BCUT2D eigenvalue weighted by Gasteiger charge is 2.18. The van der Waals surface area contributed by atoms with Crippen molar-refractivity contribution in [2.45, 2.75) is 6.92 Å². The molecule has 0 fully saturated rings. The molecule has 4 heteroatoms. The van der Waals surface area contributed by atoms with Gasteiger partial charge < -0.3 is 14.8 Å². The van der Waals surface area contributed by atoms with E-state index in [9.17, 15) is 4.79 Å². The molecular weight excluding hydrogens is 278 g/mol. The minimum Gasteiger partial charge on any atom is -0.497 e. The first-order valence-electron chi connectivity index (χ1n) is 7.05. The molecule has 1 aliphatic rings. The normalized spacial score (nSPS) is 12.7. The van der Waals surface area contributed by atoms with Gasteiger partial charge in [-0.3, -0.25) is 4.79 Å². The van der Waals surface area contributed by atoms with Crippen molar-refractivity contribution in [2.75, 3.05) is 19.0 Å². The quantitative estimate of drug-likeness (QED) is 0.944. The monoisotopic (exact) mass is 295 g/mol. The standard InChI is InChI=1S/C18H17NO3/c1-12-4-3-5-15(8-12)19-18(20)14-9-13-6-7-16(21-2)10-17(13)22-11-14/h3-10H,11H2,1-2H3,(H,19,20). The Balaban J connectivity index is 1.80. The zero-order valence-electron chi connectivity index (χ0n) is 12.6. The van der Waals surface area contributed by atoms with Crippen LogP contribution in [0, 0.1) is 6.92 Å². The first kappa shape index (κ1) is 14.2. The fraction of sp³-hybridized carbons (Fsp3) is 0.167. The van der Waals surface area contributed by atoms with Crippen molar-refractivity contribution < 1.29 is 14.3 Å². The molecule has 1 aliphatic heterocycles. The number of rotatable bonds is 3. The van der Waals surface area contributed by atoms with Crippen LogP contribution in [0.5, 0.6) is 11.5 Å². The van der Waals surface area contributed by atoms with Gasteiger partial charge in [0, 0.05) is 17.3 Å². The van der Waals surface area contributed by atoms with Crippen LogP contribution in [-0.4, -0.2) is 19.6 Å². The summed E-state index contributed by atoms with van der Waals surface area (Å²) >= 11 is 0. The fourth-order valence-corrected chi connectivity index (χ4v) is 2.34. The molecule has 1 amide bonds. The number of nitrogens with one attached hydrogen (secondary N) is 1. The van der Waals surface area contributed by atoms with Crippen molar-refractivity contribution in [3.8, 4) is 11.5 Å². The summed E-state index contributed by atoms with van der Waals surface area (Å²) in [4.78, 5) is 12.3. The second kappa shape index (κ2) is 5.93. The highest BCUT2D eigenvalue weighted by Crippen LogP contribution is 2.30. The summed E-state index contributed by atoms with van der Waals surface area (Å²) < 4.78 is 10.8. The summed E-state index contributed by atoms with van der Waals surface area (Å²) in [7, 11) is 1.61. The van der Waals surface area contributed by atoms with Gasteiger partial charge in [0.1, 0.15) is 18.1 Å². The van der Waals surface area contributed by atoms with Gasteiger partial charge in [-0.1, -0.05) is 12.1 Å². The highest BCUT2D eigenvalue weighted by molar-refractivity contribution is 6.07.